The first kappa shape index (κ1) is 18.2. The summed E-state index contributed by atoms with van der Waals surface area (Å²) in [4.78, 5) is 2.91. The molecule has 24 heavy (non-hydrogen) atoms. The number of benzene rings is 1. The minimum absolute atomic E-state index is 0.343. The van der Waals surface area contributed by atoms with Crippen LogP contribution in [0.4, 0.5) is 0 Å². The van der Waals surface area contributed by atoms with E-state index in [9.17, 15) is 8.42 Å². The fraction of sp³-hybridized carbons (Fsp3) is 0.667. The highest BCUT2D eigenvalue weighted by atomic mass is 35.5. The second-order valence-electron chi connectivity index (χ2n) is 7.31. The van der Waals surface area contributed by atoms with Crippen LogP contribution in [0.1, 0.15) is 32.6 Å². The Hall–Kier alpha value is -0.620. The van der Waals surface area contributed by atoms with Crippen molar-refractivity contribution in [3.63, 3.8) is 0 Å². The van der Waals surface area contributed by atoms with Crippen LogP contribution in [0.2, 0.25) is 5.02 Å². The number of halogens is 1. The molecular formula is C18H27ClN2O2S. The monoisotopic (exact) mass is 370 g/mol. The van der Waals surface area contributed by atoms with Gasteiger partial charge in [-0.15, -0.1) is 0 Å². The molecule has 0 saturated carbocycles. The SMILES string of the molecule is C[C@@H]1CCCN(CC2CCN(S(=O)(=O)c3ccc(Cl)cc3)CC2)C1. The van der Waals surface area contributed by atoms with Crippen molar-refractivity contribution < 1.29 is 8.42 Å². The molecule has 0 amide bonds. The van der Waals surface area contributed by atoms with E-state index in [4.69, 9.17) is 11.6 Å². The summed E-state index contributed by atoms with van der Waals surface area (Å²) in [6.45, 7) is 7.10. The van der Waals surface area contributed by atoms with Gasteiger partial charge in [0.1, 0.15) is 0 Å². The largest absolute Gasteiger partial charge is 0.303 e. The zero-order valence-corrected chi connectivity index (χ0v) is 15.9. The molecule has 2 saturated heterocycles. The first-order chi connectivity index (χ1) is 11.4. The van der Waals surface area contributed by atoms with E-state index in [0.29, 0.717) is 28.9 Å². The van der Waals surface area contributed by atoms with Crippen LogP contribution in [0.15, 0.2) is 29.2 Å². The lowest BCUT2D eigenvalue weighted by Gasteiger charge is -2.37. The smallest absolute Gasteiger partial charge is 0.243 e. The fourth-order valence-corrected chi connectivity index (χ4v) is 5.50. The maximum atomic E-state index is 12.7. The molecule has 4 nitrogen and oxygen atoms in total. The van der Waals surface area contributed by atoms with Crippen molar-refractivity contribution in [2.75, 3.05) is 32.7 Å². The van der Waals surface area contributed by atoms with Gasteiger partial charge in [0.25, 0.3) is 0 Å². The lowest BCUT2D eigenvalue weighted by Crippen LogP contribution is -2.43. The molecule has 2 aliphatic heterocycles. The van der Waals surface area contributed by atoms with E-state index in [2.05, 4.69) is 11.8 Å². The number of likely N-dealkylation sites (tertiary alicyclic amines) is 1. The lowest BCUT2D eigenvalue weighted by molar-refractivity contribution is 0.136. The van der Waals surface area contributed by atoms with Gasteiger partial charge in [-0.05, 0) is 68.3 Å². The molecule has 134 valence electrons. The third-order valence-electron chi connectivity index (χ3n) is 5.28. The number of piperidine rings is 2. The molecule has 1 atom stereocenters. The van der Waals surface area contributed by atoms with Crippen molar-refractivity contribution in [2.24, 2.45) is 11.8 Å². The molecule has 1 aromatic rings. The van der Waals surface area contributed by atoms with Crippen molar-refractivity contribution in [2.45, 2.75) is 37.5 Å². The molecule has 3 rings (SSSR count). The molecule has 0 aliphatic carbocycles. The molecule has 0 unspecified atom stereocenters. The van der Waals surface area contributed by atoms with Gasteiger partial charge in [0, 0.05) is 31.2 Å². The highest BCUT2D eigenvalue weighted by Crippen LogP contribution is 2.26. The van der Waals surface area contributed by atoms with Gasteiger partial charge in [-0.25, -0.2) is 8.42 Å². The molecule has 0 aromatic heterocycles. The standard InChI is InChI=1S/C18H27ClN2O2S/c1-15-3-2-10-20(13-15)14-16-8-11-21(12-9-16)24(22,23)18-6-4-17(19)5-7-18/h4-7,15-16H,2-3,8-14H2,1H3/t15-/m1/s1. The summed E-state index contributed by atoms with van der Waals surface area (Å²) in [7, 11) is -3.38. The molecule has 0 radical (unpaired) electrons. The first-order valence-electron chi connectivity index (χ1n) is 8.93. The molecule has 2 heterocycles. The van der Waals surface area contributed by atoms with E-state index in [-0.39, 0.29) is 0 Å². The summed E-state index contributed by atoms with van der Waals surface area (Å²) in [5.41, 5.74) is 0. The van der Waals surface area contributed by atoms with E-state index < -0.39 is 10.0 Å². The summed E-state index contributed by atoms with van der Waals surface area (Å²) in [5.74, 6) is 1.41. The Bertz CT molecular complexity index is 639. The first-order valence-corrected chi connectivity index (χ1v) is 10.7. The molecule has 6 heteroatoms. The van der Waals surface area contributed by atoms with Gasteiger partial charge in [0.05, 0.1) is 4.90 Å². The van der Waals surface area contributed by atoms with Crippen LogP contribution in [-0.2, 0) is 10.0 Å². The summed E-state index contributed by atoms with van der Waals surface area (Å²) in [6, 6.07) is 6.47. The Morgan fingerprint density at radius 2 is 1.75 bits per heavy atom. The van der Waals surface area contributed by atoms with Crippen LogP contribution in [-0.4, -0.2) is 50.3 Å². The van der Waals surface area contributed by atoms with Crippen LogP contribution in [0.5, 0.6) is 0 Å². The van der Waals surface area contributed by atoms with Gasteiger partial charge in [-0.3, -0.25) is 0 Å². The van der Waals surface area contributed by atoms with E-state index in [1.54, 1.807) is 28.6 Å². The second kappa shape index (κ2) is 7.73. The van der Waals surface area contributed by atoms with E-state index in [1.807, 2.05) is 0 Å². The van der Waals surface area contributed by atoms with E-state index >= 15 is 0 Å². The summed E-state index contributed by atoms with van der Waals surface area (Å²) < 4.78 is 27.1. The molecule has 1 aromatic carbocycles. The Morgan fingerprint density at radius 1 is 1.08 bits per heavy atom. The molecule has 0 spiro atoms. The number of hydrogen-bond acceptors (Lipinski definition) is 3. The average Bonchev–Trinajstić information content (AvgIpc) is 2.56. The predicted molar refractivity (Wildman–Crippen MR) is 97.8 cm³/mol. The topological polar surface area (TPSA) is 40.6 Å². The minimum atomic E-state index is -3.38. The van der Waals surface area contributed by atoms with Gasteiger partial charge in [0.15, 0.2) is 0 Å². The zero-order valence-electron chi connectivity index (χ0n) is 14.3. The normalized spacial score (nSPS) is 25.0. The molecule has 2 fully saturated rings. The predicted octanol–water partition coefficient (Wildman–Crippen LogP) is 3.47. The van der Waals surface area contributed by atoms with Gasteiger partial charge < -0.3 is 4.90 Å². The number of nitrogens with zero attached hydrogens (tertiary/aromatic N) is 2. The van der Waals surface area contributed by atoms with Crippen LogP contribution in [0.25, 0.3) is 0 Å². The Kier molecular flexibility index (Phi) is 5.85. The third-order valence-corrected chi connectivity index (χ3v) is 7.45. The van der Waals surface area contributed by atoms with Crippen molar-refractivity contribution in [1.29, 1.82) is 0 Å². The minimum Gasteiger partial charge on any atom is -0.303 e. The average molecular weight is 371 g/mol. The van der Waals surface area contributed by atoms with Gasteiger partial charge in [-0.2, -0.15) is 4.31 Å². The number of sulfonamides is 1. The van der Waals surface area contributed by atoms with Crippen LogP contribution < -0.4 is 0 Å². The quantitative estimate of drug-likeness (QED) is 0.814. The summed E-state index contributed by atoms with van der Waals surface area (Å²) in [6.07, 6.45) is 4.55. The Balaban J connectivity index is 1.55. The fourth-order valence-electron chi connectivity index (χ4n) is 3.91. The molecule has 0 N–H and O–H groups in total. The Labute approximate surface area is 150 Å². The molecule has 2 aliphatic rings. The van der Waals surface area contributed by atoms with Gasteiger partial charge >= 0.3 is 0 Å². The third kappa shape index (κ3) is 4.31. The Morgan fingerprint density at radius 3 is 2.38 bits per heavy atom. The van der Waals surface area contributed by atoms with E-state index in [0.717, 1.165) is 25.3 Å². The maximum absolute atomic E-state index is 12.7. The van der Waals surface area contributed by atoms with Gasteiger partial charge in [-0.1, -0.05) is 18.5 Å². The van der Waals surface area contributed by atoms with Gasteiger partial charge in [0.2, 0.25) is 10.0 Å². The van der Waals surface area contributed by atoms with Crippen LogP contribution >= 0.6 is 11.6 Å². The van der Waals surface area contributed by atoms with Crippen molar-refractivity contribution in [3.8, 4) is 0 Å². The highest BCUT2D eigenvalue weighted by Gasteiger charge is 2.30. The van der Waals surface area contributed by atoms with Crippen LogP contribution in [0, 0.1) is 11.8 Å². The van der Waals surface area contributed by atoms with Crippen molar-refractivity contribution >= 4 is 21.6 Å². The molecule has 0 bridgehead atoms. The van der Waals surface area contributed by atoms with E-state index in [1.165, 1.54) is 25.9 Å². The highest BCUT2D eigenvalue weighted by molar-refractivity contribution is 7.89. The van der Waals surface area contributed by atoms with Crippen molar-refractivity contribution in [1.82, 2.24) is 9.21 Å². The lowest BCUT2D eigenvalue weighted by atomic mass is 9.94. The number of hydrogen-bond donors (Lipinski definition) is 0. The van der Waals surface area contributed by atoms with Crippen molar-refractivity contribution in [3.05, 3.63) is 29.3 Å². The number of rotatable bonds is 4. The van der Waals surface area contributed by atoms with Crippen LogP contribution in [0.3, 0.4) is 0 Å². The molecular weight excluding hydrogens is 344 g/mol. The summed E-state index contributed by atoms with van der Waals surface area (Å²) >= 11 is 5.86. The second-order valence-corrected chi connectivity index (χ2v) is 9.68. The summed E-state index contributed by atoms with van der Waals surface area (Å²) in [5, 5.41) is 0.559. The zero-order chi connectivity index (χ0) is 17.2. The maximum Gasteiger partial charge on any atom is 0.243 e.